The van der Waals surface area contributed by atoms with E-state index in [9.17, 15) is 10.2 Å². The predicted molar refractivity (Wildman–Crippen MR) is 145 cm³/mol. The molecule has 2 N–H and O–H groups in total. The van der Waals surface area contributed by atoms with E-state index in [2.05, 4.69) is 14.9 Å². The van der Waals surface area contributed by atoms with Gasteiger partial charge < -0.3 is 24.7 Å². The van der Waals surface area contributed by atoms with Crippen molar-refractivity contribution in [2.75, 3.05) is 45.2 Å². The van der Waals surface area contributed by atoms with Crippen molar-refractivity contribution in [2.24, 2.45) is 0 Å². The van der Waals surface area contributed by atoms with Gasteiger partial charge >= 0.3 is 6.01 Å². The molecule has 4 aromatic rings. The molecule has 9 heteroatoms. The van der Waals surface area contributed by atoms with Gasteiger partial charge in [0.2, 0.25) is 0 Å². The average molecular weight is 525 g/mol. The van der Waals surface area contributed by atoms with E-state index in [-0.39, 0.29) is 34.5 Å². The number of fused-ring (bicyclic) bond motifs is 2. The molecule has 1 aliphatic heterocycles. The zero-order chi connectivity index (χ0) is 26.1. The van der Waals surface area contributed by atoms with Gasteiger partial charge in [-0.2, -0.15) is 9.97 Å². The molecule has 3 aromatic carbocycles. The lowest BCUT2D eigenvalue weighted by Crippen LogP contribution is -2.32. The first-order chi connectivity index (χ1) is 17.8. The minimum absolute atomic E-state index is 0.00109. The molecule has 1 aliphatic rings. The Labute approximate surface area is 220 Å². The minimum Gasteiger partial charge on any atom is -0.508 e. The molecule has 0 aliphatic carbocycles. The summed E-state index contributed by atoms with van der Waals surface area (Å²) in [5.41, 5.74) is 0.713. The van der Waals surface area contributed by atoms with Crippen LogP contribution in [-0.4, -0.2) is 71.5 Å². The van der Waals surface area contributed by atoms with Crippen molar-refractivity contribution >= 4 is 39.1 Å². The number of aromatic hydroxyl groups is 1. The monoisotopic (exact) mass is 524 g/mol. The highest BCUT2D eigenvalue weighted by atomic mass is 35.5. The first kappa shape index (κ1) is 25.4. The van der Waals surface area contributed by atoms with Crippen molar-refractivity contribution in [1.82, 2.24) is 14.9 Å². The van der Waals surface area contributed by atoms with Crippen LogP contribution in [0.3, 0.4) is 0 Å². The van der Waals surface area contributed by atoms with Gasteiger partial charge in [-0.3, -0.25) is 0 Å². The molecule has 0 amide bonds. The number of nitrogens with zero attached hydrogens (tertiary/aromatic N) is 4. The molecular weight excluding hydrogens is 495 g/mol. The van der Waals surface area contributed by atoms with Crippen molar-refractivity contribution in [3.63, 3.8) is 0 Å². The lowest BCUT2D eigenvalue weighted by Gasteiger charge is -2.29. The third kappa shape index (κ3) is 5.28. The van der Waals surface area contributed by atoms with Gasteiger partial charge in [-0.05, 0) is 67.9 Å². The summed E-state index contributed by atoms with van der Waals surface area (Å²) in [6.07, 6.45) is 2.39. The van der Waals surface area contributed by atoms with E-state index < -0.39 is 11.9 Å². The van der Waals surface area contributed by atoms with Crippen LogP contribution < -0.4 is 9.64 Å². The fraction of sp³-hybridized carbons (Fsp3) is 0.357. The van der Waals surface area contributed by atoms with Crippen LogP contribution in [0, 0.1) is 5.82 Å². The zero-order valence-corrected chi connectivity index (χ0v) is 21.7. The summed E-state index contributed by atoms with van der Waals surface area (Å²) < 4.78 is 22.2. The maximum Gasteiger partial charge on any atom is 0.319 e. The molecule has 0 radical (unpaired) electrons. The summed E-state index contributed by atoms with van der Waals surface area (Å²) in [4.78, 5) is 13.0. The van der Waals surface area contributed by atoms with Crippen LogP contribution in [0.1, 0.15) is 19.3 Å². The number of aliphatic hydroxyl groups excluding tert-OH is 1. The Hall–Kier alpha value is -3.20. The van der Waals surface area contributed by atoms with Gasteiger partial charge in [0.05, 0.1) is 5.02 Å². The number of aromatic nitrogens is 2. The highest BCUT2D eigenvalue weighted by molar-refractivity contribution is 6.35. The average Bonchev–Trinajstić information content (AvgIpc) is 2.87. The Morgan fingerprint density at radius 3 is 2.59 bits per heavy atom. The molecule has 1 aromatic heterocycles. The van der Waals surface area contributed by atoms with Crippen molar-refractivity contribution in [3.05, 3.63) is 53.3 Å². The fourth-order valence-electron chi connectivity index (χ4n) is 4.96. The number of hydrogen-bond acceptors (Lipinski definition) is 7. The minimum atomic E-state index is -0.753. The van der Waals surface area contributed by atoms with Crippen LogP contribution in [0.15, 0.2) is 42.5 Å². The van der Waals surface area contributed by atoms with E-state index in [0.717, 1.165) is 43.1 Å². The van der Waals surface area contributed by atoms with E-state index in [4.69, 9.17) is 16.3 Å². The standard InChI is InChI=1S/C28H30ClFN4O3/c1-33(2)15-19(36)16-37-28-31-26-22(27(32-28)34-10-6-3-7-11-34)14-23(29)24(25(26)30)21-13-18(35)12-17-8-4-5-9-20(17)21/h4-5,8-9,12-14,19,35-36H,3,6-7,10-11,15-16H2,1-2H3. The van der Waals surface area contributed by atoms with Gasteiger partial charge in [0.1, 0.15) is 29.8 Å². The van der Waals surface area contributed by atoms with Crippen LogP contribution >= 0.6 is 11.6 Å². The second kappa shape index (κ2) is 10.7. The smallest absolute Gasteiger partial charge is 0.319 e. The molecule has 1 unspecified atom stereocenters. The molecule has 194 valence electrons. The summed E-state index contributed by atoms with van der Waals surface area (Å²) in [5, 5.41) is 22.9. The largest absolute Gasteiger partial charge is 0.508 e. The maximum absolute atomic E-state index is 16.4. The number of halogens is 2. The van der Waals surface area contributed by atoms with E-state index >= 15 is 4.39 Å². The number of likely N-dealkylation sites (N-methyl/N-ethyl adjacent to an activating group) is 1. The number of phenols is 1. The van der Waals surface area contributed by atoms with Crippen molar-refractivity contribution in [3.8, 4) is 22.9 Å². The van der Waals surface area contributed by atoms with Crippen LogP contribution in [-0.2, 0) is 0 Å². The number of ether oxygens (including phenoxy) is 1. The van der Waals surface area contributed by atoms with Gasteiger partial charge in [-0.15, -0.1) is 0 Å². The van der Waals surface area contributed by atoms with E-state index in [0.29, 0.717) is 23.3 Å². The van der Waals surface area contributed by atoms with Crippen LogP contribution in [0.5, 0.6) is 11.8 Å². The van der Waals surface area contributed by atoms with Gasteiger partial charge in [0.15, 0.2) is 5.82 Å². The highest BCUT2D eigenvalue weighted by Gasteiger charge is 2.24. The number of phenolic OH excluding ortho intramolecular Hbond substituents is 1. The molecule has 5 rings (SSSR count). The summed E-state index contributed by atoms with van der Waals surface area (Å²) in [6.45, 7) is 1.95. The number of benzene rings is 3. The van der Waals surface area contributed by atoms with Crippen LogP contribution in [0.25, 0.3) is 32.8 Å². The van der Waals surface area contributed by atoms with Crippen molar-refractivity contribution < 1.29 is 19.3 Å². The number of piperidine rings is 1. The van der Waals surface area contributed by atoms with Gasteiger partial charge in [0, 0.05) is 30.6 Å². The Kier molecular flexibility index (Phi) is 7.33. The Balaban J connectivity index is 1.68. The summed E-state index contributed by atoms with van der Waals surface area (Å²) in [7, 11) is 3.71. The number of hydrogen-bond donors (Lipinski definition) is 2. The molecule has 2 heterocycles. The van der Waals surface area contributed by atoms with Gasteiger partial charge in [0.25, 0.3) is 0 Å². The molecule has 0 saturated carbocycles. The van der Waals surface area contributed by atoms with Gasteiger partial charge in [-0.1, -0.05) is 35.9 Å². The molecular formula is C28H30ClFN4O3. The molecule has 0 spiro atoms. The fourth-order valence-corrected chi connectivity index (χ4v) is 5.26. The summed E-state index contributed by atoms with van der Waals surface area (Å²) >= 11 is 6.73. The molecule has 0 bridgehead atoms. The summed E-state index contributed by atoms with van der Waals surface area (Å²) in [5.74, 6) is -0.0348. The van der Waals surface area contributed by atoms with E-state index in [1.54, 1.807) is 12.1 Å². The van der Waals surface area contributed by atoms with Crippen LogP contribution in [0.2, 0.25) is 5.02 Å². The maximum atomic E-state index is 16.4. The first-order valence-corrected chi connectivity index (χ1v) is 12.8. The molecule has 1 fully saturated rings. The lowest BCUT2D eigenvalue weighted by molar-refractivity contribution is 0.0791. The predicted octanol–water partition coefficient (Wildman–Crippen LogP) is 5.24. The van der Waals surface area contributed by atoms with Crippen molar-refractivity contribution in [1.29, 1.82) is 0 Å². The SMILES string of the molecule is CN(C)CC(O)COc1nc(N2CCCCC2)c2cc(Cl)c(-c3cc(O)cc4ccccc34)c(F)c2n1. The number of rotatable bonds is 7. The second-order valence-electron chi connectivity index (χ2n) is 9.76. The quantitative estimate of drug-likeness (QED) is 0.342. The third-order valence-corrected chi connectivity index (χ3v) is 6.89. The summed E-state index contributed by atoms with van der Waals surface area (Å²) in [6, 6.07) is 12.3. The van der Waals surface area contributed by atoms with Gasteiger partial charge in [-0.25, -0.2) is 4.39 Å². The van der Waals surface area contributed by atoms with Crippen molar-refractivity contribution in [2.45, 2.75) is 25.4 Å². The third-order valence-electron chi connectivity index (χ3n) is 6.59. The molecule has 37 heavy (non-hydrogen) atoms. The zero-order valence-electron chi connectivity index (χ0n) is 20.9. The second-order valence-corrected chi connectivity index (χ2v) is 10.2. The Bertz CT molecular complexity index is 1440. The Morgan fingerprint density at radius 1 is 1.08 bits per heavy atom. The molecule has 1 atom stereocenters. The normalized spacial score (nSPS) is 15.0. The molecule has 7 nitrogen and oxygen atoms in total. The molecule has 1 saturated heterocycles. The van der Waals surface area contributed by atoms with E-state index in [1.807, 2.05) is 43.3 Å². The van der Waals surface area contributed by atoms with E-state index in [1.165, 1.54) is 6.07 Å². The number of anilines is 1. The topological polar surface area (TPSA) is 82.0 Å². The van der Waals surface area contributed by atoms with Crippen LogP contribution in [0.4, 0.5) is 10.2 Å². The highest BCUT2D eigenvalue weighted by Crippen LogP contribution is 2.42. The number of aliphatic hydroxyl groups is 1. The first-order valence-electron chi connectivity index (χ1n) is 12.4. The lowest BCUT2D eigenvalue weighted by atomic mass is 9.96. The Morgan fingerprint density at radius 2 is 1.84 bits per heavy atom.